The van der Waals surface area contributed by atoms with Crippen molar-refractivity contribution in [3.63, 3.8) is 0 Å². The van der Waals surface area contributed by atoms with Gasteiger partial charge in [-0.15, -0.1) is 0 Å². The first-order valence-electron chi connectivity index (χ1n) is 6.21. The zero-order valence-corrected chi connectivity index (χ0v) is 10.8. The minimum absolute atomic E-state index is 0.552. The normalized spacial score (nSPS) is 28.2. The summed E-state index contributed by atoms with van der Waals surface area (Å²) in [6, 6.07) is 0. The van der Waals surface area contributed by atoms with Gasteiger partial charge in [-0.3, -0.25) is 0 Å². The van der Waals surface area contributed by atoms with Crippen LogP contribution in [0.4, 0.5) is 0 Å². The van der Waals surface area contributed by atoms with Crippen LogP contribution in [0.2, 0.25) is 0 Å². The Balaban J connectivity index is 1.68. The molecule has 1 aliphatic carbocycles. The Labute approximate surface area is 98.4 Å². The van der Waals surface area contributed by atoms with Crippen LogP contribution < -0.4 is 4.72 Å². The molecule has 0 spiro atoms. The molecule has 1 atom stereocenters. The Hall–Kier alpha value is -0.130. The zero-order chi connectivity index (χ0) is 11.6. The molecule has 0 aromatic heterocycles. The van der Waals surface area contributed by atoms with E-state index in [2.05, 4.69) is 9.62 Å². The van der Waals surface area contributed by atoms with Gasteiger partial charge < -0.3 is 4.90 Å². The molecule has 5 heteroatoms. The molecule has 0 bridgehead atoms. The number of rotatable bonds is 5. The van der Waals surface area contributed by atoms with Gasteiger partial charge in [-0.1, -0.05) is 0 Å². The van der Waals surface area contributed by atoms with Crippen molar-refractivity contribution in [3.05, 3.63) is 0 Å². The van der Waals surface area contributed by atoms with E-state index in [1.54, 1.807) is 0 Å². The maximum absolute atomic E-state index is 10.9. The molecule has 0 aromatic rings. The average molecular weight is 246 g/mol. The maximum atomic E-state index is 10.9. The van der Waals surface area contributed by atoms with Crippen LogP contribution in [-0.4, -0.2) is 45.8 Å². The number of likely N-dealkylation sites (tertiary alicyclic amines) is 1. The lowest BCUT2D eigenvalue weighted by Gasteiger charge is -2.32. The first-order valence-corrected chi connectivity index (χ1v) is 8.11. The topological polar surface area (TPSA) is 49.4 Å². The molecule has 2 rings (SSSR count). The predicted octanol–water partition coefficient (Wildman–Crippen LogP) is 0.658. The molecule has 1 heterocycles. The van der Waals surface area contributed by atoms with Gasteiger partial charge in [0, 0.05) is 19.6 Å². The quantitative estimate of drug-likeness (QED) is 0.775. The van der Waals surface area contributed by atoms with Crippen LogP contribution >= 0.6 is 0 Å². The Morgan fingerprint density at radius 1 is 1.25 bits per heavy atom. The van der Waals surface area contributed by atoms with E-state index in [0.29, 0.717) is 6.54 Å². The fourth-order valence-electron chi connectivity index (χ4n) is 2.64. The molecule has 0 radical (unpaired) electrons. The van der Waals surface area contributed by atoms with Gasteiger partial charge in [0.2, 0.25) is 10.0 Å². The summed E-state index contributed by atoms with van der Waals surface area (Å²) < 4.78 is 24.4. The molecular weight excluding hydrogens is 224 g/mol. The van der Waals surface area contributed by atoms with Gasteiger partial charge in [-0.05, 0) is 44.1 Å². The summed E-state index contributed by atoms with van der Waals surface area (Å²) in [6.45, 7) is 3.72. The van der Waals surface area contributed by atoms with Crippen molar-refractivity contribution in [2.45, 2.75) is 25.7 Å². The summed E-state index contributed by atoms with van der Waals surface area (Å²) in [5.41, 5.74) is 0. The highest BCUT2D eigenvalue weighted by molar-refractivity contribution is 7.88. The summed E-state index contributed by atoms with van der Waals surface area (Å²) in [5, 5.41) is 0. The lowest BCUT2D eigenvalue weighted by Crippen LogP contribution is -2.41. The van der Waals surface area contributed by atoms with Gasteiger partial charge in [0.1, 0.15) is 0 Å². The summed E-state index contributed by atoms with van der Waals surface area (Å²) in [7, 11) is -3.02. The molecule has 0 amide bonds. The highest BCUT2D eigenvalue weighted by Crippen LogP contribution is 2.40. The smallest absolute Gasteiger partial charge is 0.208 e. The Morgan fingerprint density at radius 2 is 2.00 bits per heavy atom. The van der Waals surface area contributed by atoms with Crippen LogP contribution in [0.15, 0.2) is 0 Å². The van der Waals surface area contributed by atoms with Gasteiger partial charge in [0.25, 0.3) is 0 Å². The SMILES string of the molecule is CS(=O)(=O)NCCN1CCC[C@H](C2CC2)C1. The summed E-state index contributed by atoms with van der Waals surface area (Å²) in [5.74, 6) is 1.86. The molecule has 1 saturated carbocycles. The number of sulfonamides is 1. The van der Waals surface area contributed by atoms with E-state index < -0.39 is 10.0 Å². The third kappa shape index (κ3) is 4.03. The largest absolute Gasteiger partial charge is 0.302 e. The molecule has 1 N–H and O–H groups in total. The fraction of sp³-hybridized carbons (Fsp3) is 1.00. The van der Waals surface area contributed by atoms with E-state index in [-0.39, 0.29) is 0 Å². The third-order valence-corrected chi connectivity index (χ3v) is 4.35. The van der Waals surface area contributed by atoms with Gasteiger partial charge in [-0.25, -0.2) is 13.1 Å². The second-order valence-electron chi connectivity index (χ2n) is 5.21. The third-order valence-electron chi connectivity index (χ3n) is 3.62. The molecule has 0 aromatic carbocycles. The summed E-state index contributed by atoms with van der Waals surface area (Å²) in [6.07, 6.45) is 6.71. The minimum atomic E-state index is -3.02. The van der Waals surface area contributed by atoms with Crippen molar-refractivity contribution in [3.8, 4) is 0 Å². The Kier molecular flexibility index (Phi) is 3.87. The van der Waals surface area contributed by atoms with Gasteiger partial charge >= 0.3 is 0 Å². The van der Waals surface area contributed by atoms with Crippen LogP contribution in [0, 0.1) is 11.8 Å². The van der Waals surface area contributed by atoms with Crippen LogP contribution in [-0.2, 0) is 10.0 Å². The molecular formula is C11H22N2O2S. The van der Waals surface area contributed by atoms with E-state index in [4.69, 9.17) is 0 Å². The highest BCUT2D eigenvalue weighted by Gasteiger charge is 2.33. The van der Waals surface area contributed by atoms with Gasteiger partial charge in [-0.2, -0.15) is 0 Å². The molecule has 1 saturated heterocycles. The Bertz CT molecular complexity index is 325. The second-order valence-corrected chi connectivity index (χ2v) is 7.04. The van der Waals surface area contributed by atoms with E-state index in [0.717, 1.165) is 24.9 Å². The van der Waals surface area contributed by atoms with Gasteiger partial charge in [0.05, 0.1) is 6.26 Å². The van der Waals surface area contributed by atoms with Gasteiger partial charge in [0.15, 0.2) is 0 Å². The lowest BCUT2D eigenvalue weighted by atomic mass is 9.93. The second kappa shape index (κ2) is 5.02. The first-order chi connectivity index (χ1) is 7.54. The predicted molar refractivity (Wildman–Crippen MR) is 64.7 cm³/mol. The summed E-state index contributed by atoms with van der Waals surface area (Å²) >= 11 is 0. The summed E-state index contributed by atoms with van der Waals surface area (Å²) in [4.78, 5) is 2.41. The zero-order valence-electron chi connectivity index (χ0n) is 9.98. The number of nitrogens with zero attached hydrogens (tertiary/aromatic N) is 1. The molecule has 16 heavy (non-hydrogen) atoms. The molecule has 2 fully saturated rings. The monoisotopic (exact) mass is 246 g/mol. The van der Waals surface area contributed by atoms with E-state index in [1.165, 1.54) is 38.5 Å². The van der Waals surface area contributed by atoms with E-state index in [1.807, 2.05) is 0 Å². The standard InChI is InChI=1S/C11H22N2O2S/c1-16(14,15)12-6-8-13-7-2-3-11(9-13)10-4-5-10/h10-12H,2-9H2,1H3/t11-/m0/s1. The number of hydrogen-bond donors (Lipinski definition) is 1. The fourth-order valence-corrected chi connectivity index (χ4v) is 3.10. The average Bonchev–Trinajstić information content (AvgIpc) is 2.99. The molecule has 1 aliphatic heterocycles. The maximum Gasteiger partial charge on any atom is 0.208 e. The molecule has 0 unspecified atom stereocenters. The van der Waals surface area contributed by atoms with E-state index >= 15 is 0 Å². The highest BCUT2D eigenvalue weighted by atomic mass is 32.2. The van der Waals surface area contributed by atoms with Crippen molar-refractivity contribution in [2.24, 2.45) is 11.8 Å². The Morgan fingerprint density at radius 3 is 2.62 bits per heavy atom. The van der Waals surface area contributed by atoms with Crippen LogP contribution in [0.1, 0.15) is 25.7 Å². The van der Waals surface area contributed by atoms with Crippen LogP contribution in [0.3, 0.4) is 0 Å². The molecule has 4 nitrogen and oxygen atoms in total. The first kappa shape index (κ1) is 12.3. The van der Waals surface area contributed by atoms with Crippen molar-refractivity contribution >= 4 is 10.0 Å². The number of hydrogen-bond acceptors (Lipinski definition) is 3. The van der Waals surface area contributed by atoms with E-state index in [9.17, 15) is 8.42 Å². The minimum Gasteiger partial charge on any atom is -0.302 e. The van der Waals surface area contributed by atoms with Crippen molar-refractivity contribution in [1.82, 2.24) is 9.62 Å². The van der Waals surface area contributed by atoms with Crippen molar-refractivity contribution < 1.29 is 8.42 Å². The van der Waals surface area contributed by atoms with Crippen molar-refractivity contribution in [1.29, 1.82) is 0 Å². The molecule has 94 valence electrons. The van der Waals surface area contributed by atoms with Crippen LogP contribution in [0.25, 0.3) is 0 Å². The number of piperidine rings is 1. The molecule has 2 aliphatic rings. The lowest BCUT2D eigenvalue weighted by molar-refractivity contribution is 0.164. The van der Waals surface area contributed by atoms with Crippen molar-refractivity contribution in [2.75, 3.05) is 32.4 Å². The van der Waals surface area contributed by atoms with Crippen LogP contribution in [0.5, 0.6) is 0 Å². The number of nitrogens with one attached hydrogen (secondary N) is 1.